The molecule has 1 heterocycles. The van der Waals surface area contributed by atoms with Crippen molar-refractivity contribution in [2.75, 3.05) is 0 Å². The van der Waals surface area contributed by atoms with Gasteiger partial charge >= 0.3 is 0 Å². The van der Waals surface area contributed by atoms with Crippen LogP contribution in [0.25, 0.3) is 16.6 Å². The lowest BCUT2D eigenvalue weighted by molar-refractivity contribution is 0.910. The zero-order chi connectivity index (χ0) is 11.8. The van der Waals surface area contributed by atoms with Crippen molar-refractivity contribution in [2.24, 2.45) is 0 Å². The lowest BCUT2D eigenvalue weighted by Gasteiger charge is -2.03. The van der Waals surface area contributed by atoms with E-state index >= 15 is 0 Å². The average molecular weight is 334 g/mol. The van der Waals surface area contributed by atoms with Gasteiger partial charge in [-0.25, -0.2) is 4.68 Å². The highest BCUT2D eigenvalue weighted by Crippen LogP contribution is 2.20. The third kappa shape index (κ3) is 1.95. The Morgan fingerprint density at radius 3 is 2.59 bits per heavy atom. The highest BCUT2D eigenvalue weighted by molar-refractivity contribution is 14.1. The van der Waals surface area contributed by atoms with Crippen LogP contribution in [0.1, 0.15) is 5.56 Å². The molecule has 0 fully saturated rings. The summed E-state index contributed by atoms with van der Waals surface area (Å²) in [5.74, 6) is 0. The van der Waals surface area contributed by atoms with E-state index in [0.29, 0.717) is 0 Å². The third-order valence-electron chi connectivity index (χ3n) is 2.81. The molecular weight excluding hydrogens is 323 g/mol. The van der Waals surface area contributed by atoms with Gasteiger partial charge in [0.2, 0.25) is 0 Å². The summed E-state index contributed by atoms with van der Waals surface area (Å²) in [6.07, 6.45) is 1.91. The molecule has 0 aliphatic rings. The van der Waals surface area contributed by atoms with E-state index in [2.05, 4.69) is 77.1 Å². The fourth-order valence-electron chi connectivity index (χ4n) is 1.90. The van der Waals surface area contributed by atoms with Crippen LogP contribution in [-0.2, 0) is 0 Å². The first-order valence-corrected chi connectivity index (χ1v) is 6.52. The molecular formula is C14H11IN2. The van der Waals surface area contributed by atoms with Crippen LogP contribution in [0.15, 0.2) is 48.7 Å². The van der Waals surface area contributed by atoms with Gasteiger partial charge in [0.25, 0.3) is 0 Å². The van der Waals surface area contributed by atoms with E-state index in [1.165, 1.54) is 14.5 Å². The zero-order valence-electron chi connectivity index (χ0n) is 9.39. The predicted molar refractivity (Wildman–Crippen MR) is 78.5 cm³/mol. The van der Waals surface area contributed by atoms with E-state index in [1.807, 2.05) is 10.9 Å². The second kappa shape index (κ2) is 4.14. The normalized spacial score (nSPS) is 10.9. The number of hydrogen-bond acceptors (Lipinski definition) is 1. The summed E-state index contributed by atoms with van der Waals surface area (Å²) in [5.41, 5.74) is 3.51. The molecule has 0 spiro atoms. The molecule has 0 aliphatic heterocycles. The Labute approximate surface area is 113 Å². The topological polar surface area (TPSA) is 17.8 Å². The van der Waals surface area contributed by atoms with Crippen LogP contribution in [0.3, 0.4) is 0 Å². The second-order valence-electron chi connectivity index (χ2n) is 4.10. The number of aryl methyl sites for hydroxylation is 1. The van der Waals surface area contributed by atoms with Crippen LogP contribution in [0, 0.1) is 10.5 Å². The van der Waals surface area contributed by atoms with Crippen LogP contribution in [0.2, 0.25) is 0 Å². The molecule has 0 unspecified atom stereocenters. The van der Waals surface area contributed by atoms with Gasteiger partial charge in [-0.15, -0.1) is 0 Å². The van der Waals surface area contributed by atoms with Crippen molar-refractivity contribution < 1.29 is 0 Å². The molecule has 84 valence electrons. The van der Waals surface area contributed by atoms with Crippen molar-refractivity contribution in [3.05, 3.63) is 57.8 Å². The zero-order valence-corrected chi connectivity index (χ0v) is 11.5. The Bertz CT molecular complexity index is 668. The van der Waals surface area contributed by atoms with Gasteiger partial charge in [0.1, 0.15) is 0 Å². The number of aromatic nitrogens is 2. The Kier molecular flexibility index (Phi) is 2.63. The molecule has 2 nitrogen and oxygen atoms in total. The number of hydrogen-bond donors (Lipinski definition) is 0. The molecule has 0 radical (unpaired) electrons. The number of fused-ring (bicyclic) bond motifs is 1. The summed E-state index contributed by atoms with van der Waals surface area (Å²) in [4.78, 5) is 0. The molecule has 17 heavy (non-hydrogen) atoms. The van der Waals surface area contributed by atoms with E-state index in [-0.39, 0.29) is 0 Å². The van der Waals surface area contributed by atoms with E-state index < -0.39 is 0 Å². The number of halogens is 1. The summed E-state index contributed by atoms with van der Waals surface area (Å²) in [6, 6.07) is 14.8. The minimum atomic E-state index is 1.10. The van der Waals surface area contributed by atoms with Crippen LogP contribution in [0.4, 0.5) is 0 Å². The predicted octanol–water partition coefficient (Wildman–Crippen LogP) is 3.94. The molecule has 1 aromatic heterocycles. The van der Waals surface area contributed by atoms with Crippen LogP contribution in [-0.4, -0.2) is 9.78 Å². The molecule has 2 aromatic carbocycles. The summed E-state index contributed by atoms with van der Waals surface area (Å²) >= 11 is 2.32. The maximum atomic E-state index is 4.45. The first-order valence-electron chi connectivity index (χ1n) is 5.44. The van der Waals surface area contributed by atoms with Crippen molar-refractivity contribution in [3.63, 3.8) is 0 Å². The Morgan fingerprint density at radius 2 is 1.82 bits per heavy atom. The number of rotatable bonds is 1. The molecule has 3 aromatic rings. The van der Waals surface area contributed by atoms with Crippen LogP contribution < -0.4 is 0 Å². The highest BCUT2D eigenvalue weighted by Gasteiger charge is 2.04. The second-order valence-corrected chi connectivity index (χ2v) is 5.34. The fraction of sp³-hybridized carbons (Fsp3) is 0.0714. The fourth-order valence-corrected chi connectivity index (χ4v) is 2.41. The molecule has 3 heteroatoms. The van der Waals surface area contributed by atoms with E-state index in [4.69, 9.17) is 0 Å². The average Bonchev–Trinajstić information content (AvgIpc) is 2.73. The molecule has 3 rings (SSSR count). The van der Waals surface area contributed by atoms with E-state index in [0.717, 1.165) is 11.2 Å². The van der Waals surface area contributed by atoms with E-state index in [9.17, 15) is 0 Å². The molecule has 0 amide bonds. The van der Waals surface area contributed by atoms with E-state index in [1.54, 1.807) is 0 Å². The van der Waals surface area contributed by atoms with Gasteiger partial charge in [-0.3, -0.25) is 0 Å². The van der Waals surface area contributed by atoms with Crippen molar-refractivity contribution >= 4 is 33.5 Å². The van der Waals surface area contributed by atoms with Crippen molar-refractivity contribution in [2.45, 2.75) is 6.92 Å². The molecule has 0 N–H and O–H groups in total. The smallest absolute Gasteiger partial charge is 0.0741 e. The van der Waals surface area contributed by atoms with Gasteiger partial charge in [0.05, 0.1) is 17.4 Å². The van der Waals surface area contributed by atoms with Crippen LogP contribution in [0.5, 0.6) is 0 Å². The Balaban J connectivity index is 2.21. The van der Waals surface area contributed by atoms with Crippen molar-refractivity contribution in [1.29, 1.82) is 0 Å². The third-order valence-corrected chi connectivity index (χ3v) is 3.48. The maximum absolute atomic E-state index is 4.45. The summed E-state index contributed by atoms with van der Waals surface area (Å²) in [5, 5.41) is 5.63. The largest absolute Gasteiger partial charge is 0.233 e. The van der Waals surface area contributed by atoms with Gasteiger partial charge in [-0.1, -0.05) is 17.7 Å². The first-order chi connectivity index (χ1) is 8.24. The van der Waals surface area contributed by atoms with Gasteiger partial charge in [0, 0.05) is 8.96 Å². The SMILES string of the molecule is Cc1ccc(-n2ncc3cc(I)ccc32)cc1. The van der Waals surface area contributed by atoms with Gasteiger partial charge in [-0.05, 0) is 59.8 Å². The summed E-state index contributed by atoms with van der Waals surface area (Å²) in [7, 11) is 0. The lowest BCUT2D eigenvalue weighted by Crippen LogP contribution is -1.95. The minimum Gasteiger partial charge on any atom is -0.233 e. The van der Waals surface area contributed by atoms with Gasteiger partial charge < -0.3 is 0 Å². The summed E-state index contributed by atoms with van der Waals surface area (Å²) < 4.78 is 3.21. The quantitative estimate of drug-likeness (QED) is 0.617. The highest BCUT2D eigenvalue weighted by atomic mass is 127. The van der Waals surface area contributed by atoms with Crippen LogP contribution >= 0.6 is 22.6 Å². The molecule has 0 aliphatic carbocycles. The monoisotopic (exact) mass is 334 g/mol. The van der Waals surface area contributed by atoms with Crippen molar-refractivity contribution in [3.8, 4) is 5.69 Å². The lowest BCUT2D eigenvalue weighted by atomic mass is 10.2. The maximum Gasteiger partial charge on any atom is 0.0741 e. The Hall–Kier alpha value is -1.36. The van der Waals surface area contributed by atoms with Crippen molar-refractivity contribution in [1.82, 2.24) is 9.78 Å². The number of nitrogens with zero attached hydrogens (tertiary/aromatic N) is 2. The van der Waals surface area contributed by atoms with Gasteiger partial charge in [-0.2, -0.15) is 5.10 Å². The minimum absolute atomic E-state index is 1.10. The first kappa shape index (κ1) is 10.8. The molecule has 0 bridgehead atoms. The molecule has 0 atom stereocenters. The standard InChI is InChI=1S/C14H11IN2/c1-10-2-5-13(6-3-10)17-14-7-4-12(15)8-11(14)9-16-17/h2-9H,1H3. The van der Waals surface area contributed by atoms with Gasteiger partial charge in [0.15, 0.2) is 0 Å². The molecule has 0 saturated carbocycles. The Morgan fingerprint density at radius 1 is 1.06 bits per heavy atom. The summed E-state index contributed by atoms with van der Waals surface area (Å²) in [6.45, 7) is 2.09. The number of benzene rings is 2. The molecule has 0 saturated heterocycles.